The maximum Gasteiger partial charge on any atom is 0.225 e. The van der Waals surface area contributed by atoms with E-state index in [2.05, 4.69) is 10.6 Å². The van der Waals surface area contributed by atoms with Crippen LogP contribution in [0.2, 0.25) is 0 Å². The first-order valence-corrected chi connectivity index (χ1v) is 9.17. The van der Waals surface area contributed by atoms with E-state index in [-0.39, 0.29) is 49.9 Å². The first-order valence-electron chi connectivity index (χ1n) is 9.17. The summed E-state index contributed by atoms with van der Waals surface area (Å²) < 4.78 is 26.3. The fourth-order valence-corrected chi connectivity index (χ4v) is 3.16. The van der Waals surface area contributed by atoms with Gasteiger partial charge in [-0.05, 0) is 30.5 Å². The Labute approximate surface area is 162 Å². The number of aliphatic hydroxyl groups excluding tert-OH is 1. The number of carbonyl (C=O) groups is 3. The van der Waals surface area contributed by atoms with Gasteiger partial charge in [0.2, 0.25) is 17.7 Å². The van der Waals surface area contributed by atoms with Crippen molar-refractivity contribution in [3.8, 4) is 0 Å². The van der Waals surface area contributed by atoms with E-state index in [1.807, 2.05) is 0 Å². The van der Waals surface area contributed by atoms with Gasteiger partial charge >= 0.3 is 0 Å². The third kappa shape index (κ3) is 6.26. The zero-order valence-corrected chi connectivity index (χ0v) is 15.7. The number of benzene rings is 1. The van der Waals surface area contributed by atoms with Crippen LogP contribution < -0.4 is 10.6 Å². The van der Waals surface area contributed by atoms with Crippen molar-refractivity contribution < 1.29 is 28.3 Å². The van der Waals surface area contributed by atoms with Crippen LogP contribution >= 0.6 is 0 Å². The number of nitrogens with one attached hydrogen (secondary N) is 2. The molecule has 0 saturated carbocycles. The number of nitrogens with zero attached hydrogens (tertiary/aromatic N) is 1. The Kier molecular flexibility index (Phi) is 7.86. The Bertz CT molecular complexity index is 729. The highest BCUT2D eigenvalue weighted by Gasteiger charge is 2.30. The fourth-order valence-electron chi connectivity index (χ4n) is 3.16. The zero-order chi connectivity index (χ0) is 20.7. The minimum atomic E-state index is -0.981. The highest BCUT2D eigenvalue weighted by atomic mass is 19.2. The highest BCUT2D eigenvalue weighted by molar-refractivity contribution is 5.80. The minimum absolute atomic E-state index is 0.0191. The average Bonchev–Trinajstić information content (AvgIpc) is 2.85. The SMILES string of the molecule is CC(=O)N1C[C@@H](NC(=O)CCO)CC[C@@H](C(=O)NCc2ccc(F)c(F)c2)C1. The van der Waals surface area contributed by atoms with Crippen molar-refractivity contribution in [3.63, 3.8) is 0 Å². The summed E-state index contributed by atoms with van der Waals surface area (Å²) in [7, 11) is 0. The van der Waals surface area contributed by atoms with E-state index in [1.165, 1.54) is 17.9 Å². The van der Waals surface area contributed by atoms with E-state index in [0.717, 1.165) is 12.1 Å². The molecule has 1 aromatic rings. The predicted molar refractivity (Wildman–Crippen MR) is 96.8 cm³/mol. The molecule has 1 fully saturated rings. The summed E-state index contributed by atoms with van der Waals surface area (Å²) in [6, 6.07) is 3.11. The summed E-state index contributed by atoms with van der Waals surface area (Å²) in [5.41, 5.74) is 0.429. The number of likely N-dealkylation sites (tertiary alicyclic amines) is 1. The summed E-state index contributed by atoms with van der Waals surface area (Å²) in [5, 5.41) is 14.3. The number of hydrogen-bond donors (Lipinski definition) is 3. The normalized spacial score (nSPS) is 19.6. The molecule has 3 amide bonds. The van der Waals surface area contributed by atoms with Crippen LogP contribution in [0.3, 0.4) is 0 Å². The van der Waals surface area contributed by atoms with Crippen molar-refractivity contribution in [1.29, 1.82) is 0 Å². The van der Waals surface area contributed by atoms with Crippen LogP contribution in [0, 0.1) is 17.6 Å². The van der Waals surface area contributed by atoms with Crippen LogP contribution in [-0.2, 0) is 20.9 Å². The van der Waals surface area contributed by atoms with Crippen molar-refractivity contribution in [3.05, 3.63) is 35.4 Å². The van der Waals surface area contributed by atoms with Crippen molar-refractivity contribution in [1.82, 2.24) is 15.5 Å². The number of rotatable bonds is 6. The lowest BCUT2D eigenvalue weighted by Gasteiger charge is -2.25. The van der Waals surface area contributed by atoms with Crippen molar-refractivity contribution in [2.75, 3.05) is 19.7 Å². The molecule has 0 aromatic heterocycles. The molecule has 28 heavy (non-hydrogen) atoms. The fraction of sp³-hybridized carbons (Fsp3) is 0.526. The number of amides is 3. The molecule has 0 unspecified atom stereocenters. The summed E-state index contributed by atoms with van der Waals surface area (Å²) in [6.45, 7) is 1.69. The molecular formula is C19H25F2N3O4. The van der Waals surface area contributed by atoms with Gasteiger partial charge in [-0.25, -0.2) is 8.78 Å². The van der Waals surface area contributed by atoms with Gasteiger partial charge in [0.15, 0.2) is 11.6 Å². The Morgan fingerprint density at radius 1 is 1.18 bits per heavy atom. The van der Waals surface area contributed by atoms with Gasteiger partial charge in [0.25, 0.3) is 0 Å². The number of aliphatic hydroxyl groups is 1. The molecular weight excluding hydrogens is 372 g/mol. The molecule has 3 N–H and O–H groups in total. The molecule has 2 atom stereocenters. The van der Waals surface area contributed by atoms with Gasteiger partial charge in [0.05, 0.1) is 12.5 Å². The van der Waals surface area contributed by atoms with Gasteiger partial charge in [-0.3, -0.25) is 14.4 Å². The number of carbonyl (C=O) groups excluding carboxylic acids is 3. The lowest BCUT2D eigenvalue weighted by molar-refractivity contribution is -0.132. The first-order chi connectivity index (χ1) is 13.3. The molecule has 2 rings (SSSR count). The standard InChI is InChI=1S/C19H25F2N3O4/c1-12(26)24-10-14(3-4-15(11-24)23-18(27)6-7-25)19(28)22-9-13-2-5-16(20)17(21)8-13/h2,5,8,14-15,25H,3-4,6-7,9-11H2,1H3,(H,22,28)(H,23,27)/t14-,15+/m1/s1. The number of halogens is 2. The van der Waals surface area contributed by atoms with Gasteiger partial charge < -0.3 is 20.6 Å². The molecule has 0 bridgehead atoms. The minimum Gasteiger partial charge on any atom is -0.396 e. The molecule has 9 heteroatoms. The van der Waals surface area contributed by atoms with Gasteiger partial charge in [0.1, 0.15) is 0 Å². The second-order valence-electron chi connectivity index (χ2n) is 6.90. The van der Waals surface area contributed by atoms with E-state index in [0.29, 0.717) is 24.9 Å². The second kappa shape index (κ2) is 10.1. The van der Waals surface area contributed by atoms with E-state index >= 15 is 0 Å². The van der Waals surface area contributed by atoms with Crippen LogP contribution in [0.4, 0.5) is 8.78 Å². The lowest BCUT2D eigenvalue weighted by atomic mass is 10.0. The van der Waals surface area contributed by atoms with Crippen LogP contribution in [0.15, 0.2) is 18.2 Å². The van der Waals surface area contributed by atoms with Gasteiger partial charge in [0, 0.05) is 39.0 Å². The molecule has 0 aliphatic carbocycles. The van der Waals surface area contributed by atoms with Crippen LogP contribution in [0.25, 0.3) is 0 Å². The molecule has 1 heterocycles. The predicted octanol–water partition coefficient (Wildman–Crippen LogP) is 0.707. The van der Waals surface area contributed by atoms with Crippen molar-refractivity contribution in [2.45, 2.75) is 38.8 Å². The van der Waals surface area contributed by atoms with Crippen molar-refractivity contribution >= 4 is 17.7 Å². The van der Waals surface area contributed by atoms with E-state index < -0.39 is 17.6 Å². The smallest absolute Gasteiger partial charge is 0.225 e. The topological polar surface area (TPSA) is 98.7 Å². The Morgan fingerprint density at radius 2 is 1.93 bits per heavy atom. The summed E-state index contributed by atoms with van der Waals surface area (Å²) in [4.78, 5) is 37.7. The molecule has 0 spiro atoms. The lowest BCUT2D eigenvalue weighted by Crippen LogP contribution is -2.45. The van der Waals surface area contributed by atoms with Gasteiger partial charge in [-0.15, -0.1) is 0 Å². The molecule has 1 saturated heterocycles. The first kappa shape index (κ1) is 21.7. The third-order valence-electron chi connectivity index (χ3n) is 4.72. The Balaban J connectivity index is 1.97. The van der Waals surface area contributed by atoms with Crippen molar-refractivity contribution in [2.24, 2.45) is 5.92 Å². The summed E-state index contributed by atoms with van der Waals surface area (Å²) >= 11 is 0. The molecule has 1 aliphatic heterocycles. The molecule has 154 valence electrons. The highest BCUT2D eigenvalue weighted by Crippen LogP contribution is 2.18. The maximum absolute atomic E-state index is 13.3. The molecule has 1 aliphatic rings. The van der Waals surface area contributed by atoms with Crippen LogP contribution in [0.5, 0.6) is 0 Å². The largest absolute Gasteiger partial charge is 0.396 e. The van der Waals surface area contributed by atoms with E-state index in [9.17, 15) is 23.2 Å². The van der Waals surface area contributed by atoms with Crippen LogP contribution in [0.1, 0.15) is 31.7 Å². The molecule has 7 nitrogen and oxygen atoms in total. The maximum atomic E-state index is 13.3. The van der Waals surface area contributed by atoms with Crippen LogP contribution in [-0.4, -0.2) is 53.5 Å². The Morgan fingerprint density at radius 3 is 2.57 bits per heavy atom. The second-order valence-corrected chi connectivity index (χ2v) is 6.90. The van der Waals surface area contributed by atoms with Gasteiger partial charge in [-0.1, -0.05) is 6.07 Å². The monoisotopic (exact) mass is 397 g/mol. The quantitative estimate of drug-likeness (QED) is 0.658. The molecule has 0 radical (unpaired) electrons. The average molecular weight is 397 g/mol. The zero-order valence-electron chi connectivity index (χ0n) is 15.7. The summed E-state index contributed by atoms with van der Waals surface area (Å²) in [5.74, 6) is -3.22. The summed E-state index contributed by atoms with van der Waals surface area (Å²) in [6.07, 6.45) is 0.941. The van der Waals surface area contributed by atoms with E-state index in [1.54, 1.807) is 0 Å². The van der Waals surface area contributed by atoms with E-state index in [4.69, 9.17) is 5.11 Å². The number of hydrogen-bond acceptors (Lipinski definition) is 4. The third-order valence-corrected chi connectivity index (χ3v) is 4.72. The Hall–Kier alpha value is -2.55. The molecule has 1 aromatic carbocycles. The van der Waals surface area contributed by atoms with Gasteiger partial charge in [-0.2, -0.15) is 0 Å².